The summed E-state index contributed by atoms with van der Waals surface area (Å²) in [6.45, 7) is 3.12. The normalized spacial score (nSPS) is 16.0. The molecule has 1 aromatic heterocycles. The minimum absolute atomic E-state index is 0.0323. The van der Waals surface area contributed by atoms with E-state index in [2.05, 4.69) is 16.7 Å². The number of likely N-dealkylation sites (N-methyl/N-ethyl adjacent to an activating group) is 1. The van der Waals surface area contributed by atoms with Gasteiger partial charge in [-0.2, -0.15) is 0 Å². The zero-order valence-electron chi connectivity index (χ0n) is 15.0. The van der Waals surface area contributed by atoms with Crippen molar-refractivity contribution >= 4 is 74.4 Å². The third-order valence-electron chi connectivity index (χ3n) is 4.65. The minimum Gasteiger partial charge on any atom is -0.342 e. The van der Waals surface area contributed by atoms with Crippen LogP contribution in [0.1, 0.15) is 18.1 Å². The molecule has 1 fully saturated rings. The Hall–Kier alpha value is -1.79. The van der Waals surface area contributed by atoms with Crippen LogP contribution < -0.4 is 0 Å². The van der Waals surface area contributed by atoms with Gasteiger partial charge in [0.1, 0.15) is 4.32 Å². The predicted octanol–water partition coefficient (Wildman–Crippen LogP) is 6.22. The van der Waals surface area contributed by atoms with Crippen LogP contribution in [0.3, 0.4) is 0 Å². The molecule has 7 heteroatoms. The summed E-state index contributed by atoms with van der Waals surface area (Å²) >= 11 is 19.1. The Kier molecular flexibility index (Phi) is 5.52. The first-order valence-electron chi connectivity index (χ1n) is 8.75. The summed E-state index contributed by atoms with van der Waals surface area (Å²) in [6, 6.07) is 13.6. The second kappa shape index (κ2) is 7.91. The highest BCUT2D eigenvalue weighted by molar-refractivity contribution is 8.26. The summed E-state index contributed by atoms with van der Waals surface area (Å²) in [7, 11) is 0. The van der Waals surface area contributed by atoms with E-state index in [4.69, 9.17) is 35.4 Å². The molecule has 0 bridgehead atoms. The van der Waals surface area contributed by atoms with E-state index in [-0.39, 0.29) is 5.91 Å². The lowest BCUT2D eigenvalue weighted by Crippen LogP contribution is -2.27. The van der Waals surface area contributed by atoms with Crippen LogP contribution in [0.2, 0.25) is 10.0 Å². The van der Waals surface area contributed by atoms with Gasteiger partial charge in [-0.1, -0.05) is 71.4 Å². The lowest BCUT2D eigenvalue weighted by Gasteiger charge is -2.09. The molecule has 2 aromatic carbocycles. The molecule has 0 atom stereocenters. The molecule has 1 aliphatic heterocycles. The molecular formula is C21H16Cl2N2OS2. The maximum absolute atomic E-state index is 12.6. The number of carbonyl (C=O) groups excluding carboxylic acids is 1. The first-order valence-corrected chi connectivity index (χ1v) is 10.7. The number of rotatable bonds is 4. The SMILES string of the molecule is CCN1C(=O)C(=Cc2cn(Cc3ccc(Cl)cc3Cl)c3ccccc23)SC1=S. The van der Waals surface area contributed by atoms with Crippen LogP contribution in [-0.4, -0.2) is 26.2 Å². The van der Waals surface area contributed by atoms with Crippen LogP contribution in [0.5, 0.6) is 0 Å². The molecule has 3 nitrogen and oxygen atoms in total. The number of thiocarbonyl (C=S) groups is 1. The Morgan fingerprint density at radius 3 is 2.68 bits per heavy atom. The smallest absolute Gasteiger partial charge is 0.266 e. The number of hydrogen-bond donors (Lipinski definition) is 0. The van der Waals surface area contributed by atoms with Gasteiger partial charge < -0.3 is 4.57 Å². The summed E-state index contributed by atoms with van der Waals surface area (Å²) in [6.07, 6.45) is 3.98. The fraction of sp³-hybridized carbons (Fsp3) is 0.143. The summed E-state index contributed by atoms with van der Waals surface area (Å²) in [4.78, 5) is 14.8. The molecule has 0 unspecified atom stereocenters. The van der Waals surface area contributed by atoms with E-state index in [1.54, 1.807) is 11.0 Å². The van der Waals surface area contributed by atoms with Crippen LogP contribution >= 0.6 is 47.2 Å². The maximum Gasteiger partial charge on any atom is 0.266 e. The number of amides is 1. The highest BCUT2D eigenvalue weighted by Crippen LogP contribution is 2.34. The lowest BCUT2D eigenvalue weighted by atomic mass is 10.1. The number of hydrogen-bond acceptors (Lipinski definition) is 3. The first kappa shape index (κ1) is 19.5. The molecule has 1 aliphatic rings. The molecule has 3 aromatic rings. The molecule has 0 saturated carbocycles. The number of aromatic nitrogens is 1. The van der Waals surface area contributed by atoms with Crippen molar-refractivity contribution in [1.82, 2.24) is 9.47 Å². The molecular weight excluding hydrogens is 431 g/mol. The first-order chi connectivity index (χ1) is 13.5. The van der Waals surface area contributed by atoms with Crippen molar-refractivity contribution in [2.24, 2.45) is 0 Å². The third-order valence-corrected chi connectivity index (χ3v) is 6.62. The van der Waals surface area contributed by atoms with E-state index in [1.165, 1.54) is 11.8 Å². The molecule has 0 spiro atoms. The van der Waals surface area contributed by atoms with E-state index in [1.807, 2.05) is 43.5 Å². The van der Waals surface area contributed by atoms with Gasteiger partial charge in [-0.15, -0.1) is 0 Å². The van der Waals surface area contributed by atoms with Gasteiger partial charge in [-0.3, -0.25) is 9.69 Å². The maximum atomic E-state index is 12.6. The van der Waals surface area contributed by atoms with E-state index in [0.717, 1.165) is 22.0 Å². The number of para-hydroxylation sites is 1. The van der Waals surface area contributed by atoms with Gasteiger partial charge in [0.25, 0.3) is 5.91 Å². The van der Waals surface area contributed by atoms with Crippen molar-refractivity contribution < 1.29 is 4.79 Å². The van der Waals surface area contributed by atoms with E-state index >= 15 is 0 Å². The molecule has 0 radical (unpaired) electrons. The number of nitrogens with zero attached hydrogens (tertiary/aromatic N) is 2. The Labute approximate surface area is 182 Å². The van der Waals surface area contributed by atoms with Crippen LogP contribution in [-0.2, 0) is 11.3 Å². The zero-order valence-corrected chi connectivity index (χ0v) is 18.1. The van der Waals surface area contributed by atoms with E-state index in [0.29, 0.717) is 32.4 Å². The Morgan fingerprint density at radius 2 is 1.96 bits per heavy atom. The number of thioether (sulfide) groups is 1. The topological polar surface area (TPSA) is 25.2 Å². The van der Waals surface area contributed by atoms with Crippen LogP contribution in [0.4, 0.5) is 0 Å². The molecule has 142 valence electrons. The van der Waals surface area contributed by atoms with Crippen molar-refractivity contribution in [1.29, 1.82) is 0 Å². The Balaban J connectivity index is 1.76. The number of halogens is 2. The van der Waals surface area contributed by atoms with Gasteiger partial charge in [0.2, 0.25) is 0 Å². The average Bonchev–Trinajstić information content (AvgIpc) is 3.15. The van der Waals surface area contributed by atoms with Crippen LogP contribution in [0.15, 0.2) is 53.6 Å². The molecule has 0 aliphatic carbocycles. The van der Waals surface area contributed by atoms with Crippen molar-refractivity contribution in [3.05, 3.63) is 74.7 Å². The van der Waals surface area contributed by atoms with Gasteiger partial charge in [-0.05, 0) is 36.8 Å². The fourth-order valence-corrected chi connectivity index (χ4v) is 5.11. The summed E-state index contributed by atoms with van der Waals surface area (Å²) < 4.78 is 2.74. The molecule has 4 rings (SSSR count). The second-order valence-electron chi connectivity index (χ2n) is 6.39. The number of benzene rings is 2. The zero-order chi connectivity index (χ0) is 19.8. The van der Waals surface area contributed by atoms with Gasteiger partial charge >= 0.3 is 0 Å². The van der Waals surface area contributed by atoms with Crippen molar-refractivity contribution in [3.8, 4) is 0 Å². The highest BCUT2D eigenvalue weighted by atomic mass is 35.5. The summed E-state index contributed by atoms with van der Waals surface area (Å²) in [5.74, 6) is -0.0323. The summed E-state index contributed by atoms with van der Waals surface area (Å²) in [5, 5.41) is 2.33. The predicted molar refractivity (Wildman–Crippen MR) is 123 cm³/mol. The highest BCUT2D eigenvalue weighted by Gasteiger charge is 2.30. The standard InChI is InChI=1S/C21H16Cl2N2OS2/c1-2-25-20(26)19(28-21(25)27)9-14-12-24(18-6-4-3-5-16(14)18)11-13-7-8-15(22)10-17(13)23/h3-10,12H,2,11H2,1H3. The van der Waals surface area contributed by atoms with Crippen LogP contribution in [0.25, 0.3) is 17.0 Å². The molecule has 2 heterocycles. The van der Waals surface area contributed by atoms with Crippen molar-refractivity contribution in [2.45, 2.75) is 13.5 Å². The van der Waals surface area contributed by atoms with Gasteiger partial charge in [0.05, 0.1) is 4.91 Å². The van der Waals surface area contributed by atoms with Crippen molar-refractivity contribution in [3.63, 3.8) is 0 Å². The fourth-order valence-electron chi connectivity index (χ4n) is 3.27. The monoisotopic (exact) mass is 446 g/mol. The molecule has 1 saturated heterocycles. The number of fused-ring (bicyclic) bond motifs is 1. The van der Waals surface area contributed by atoms with Gasteiger partial charge in [0.15, 0.2) is 0 Å². The molecule has 0 N–H and O–H groups in total. The van der Waals surface area contributed by atoms with Gasteiger partial charge in [-0.25, -0.2) is 0 Å². The summed E-state index contributed by atoms with van der Waals surface area (Å²) in [5.41, 5.74) is 3.04. The minimum atomic E-state index is -0.0323. The quantitative estimate of drug-likeness (QED) is 0.351. The lowest BCUT2D eigenvalue weighted by molar-refractivity contribution is -0.121. The largest absolute Gasteiger partial charge is 0.342 e. The average molecular weight is 447 g/mol. The third kappa shape index (κ3) is 3.60. The van der Waals surface area contributed by atoms with E-state index < -0.39 is 0 Å². The second-order valence-corrected chi connectivity index (χ2v) is 8.91. The van der Waals surface area contributed by atoms with Gasteiger partial charge in [0, 0.05) is 45.8 Å². The number of carbonyl (C=O) groups is 1. The Morgan fingerprint density at radius 1 is 1.18 bits per heavy atom. The molecule has 28 heavy (non-hydrogen) atoms. The Bertz CT molecular complexity index is 1140. The van der Waals surface area contributed by atoms with Crippen molar-refractivity contribution in [2.75, 3.05) is 6.54 Å². The molecule has 1 amide bonds. The van der Waals surface area contributed by atoms with E-state index in [9.17, 15) is 4.79 Å². The van der Waals surface area contributed by atoms with Crippen LogP contribution in [0, 0.1) is 0 Å².